The molecule has 1 aromatic heterocycles. The Kier molecular flexibility index (Phi) is 5.33. The Bertz CT molecular complexity index is 1090. The normalized spacial score (nSPS) is 10.5. The summed E-state index contributed by atoms with van der Waals surface area (Å²) in [5.41, 5.74) is 2.35. The molecule has 0 aliphatic rings. The minimum atomic E-state index is -0.363. The topological polar surface area (TPSA) is 69.0 Å². The average Bonchev–Trinajstić information content (AvgIpc) is 3.22. The van der Waals surface area contributed by atoms with E-state index in [0.717, 1.165) is 17.0 Å². The monoisotopic (exact) mass is 384 g/mol. The molecule has 144 valence electrons. The number of carbonyl (C=O) groups is 1. The van der Waals surface area contributed by atoms with Gasteiger partial charge in [0.2, 0.25) is 5.82 Å². The molecule has 0 saturated carbocycles. The van der Waals surface area contributed by atoms with Gasteiger partial charge in [-0.2, -0.15) is 0 Å². The standard InChI is InChI=1S/C23H20N4O2/c1-2-29-20-15-13-19(14-16-20)27-22(17-9-5-3-6-10-17)25-21(26-27)23(28)24-18-11-7-4-8-12-18/h3-16H,2H2,1H3,(H,24,28). The summed E-state index contributed by atoms with van der Waals surface area (Å²) in [7, 11) is 0. The second-order valence-electron chi connectivity index (χ2n) is 6.28. The van der Waals surface area contributed by atoms with Crippen molar-refractivity contribution in [2.45, 2.75) is 6.92 Å². The molecule has 0 fully saturated rings. The van der Waals surface area contributed by atoms with E-state index in [2.05, 4.69) is 15.4 Å². The van der Waals surface area contributed by atoms with Gasteiger partial charge in [0.05, 0.1) is 12.3 Å². The predicted molar refractivity (Wildman–Crippen MR) is 112 cm³/mol. The second-order valence-corrected chi connectivity index (χ2v) is 6.28. The molecular formula is C23H20N4O2. The minimum absolute atomic E-state index is 0.0987. The fraction of sp³-hybridized carbons (Fsp3) is 0.0870. The number of ether oxygens (including phenoxy) is 1. The zero-order valence-corrected chi connectivity index (χ0v) is 15.9. The molecule has 0 unspecified atom stereocenters. The van der Waals surface area contributed by atoms with Gasteiger partial charge in [-0.05, 0) is 43.3 Å². The van der Waals surface area contributed by atoms with Crippen molar-refractivity contribution in [1.29, 1.82) is 0 Å². The number of nitrogens with zero attached hydrogens (tertiary/aromatic N) is 3. The smallest absolute Gasteiger partial charge is 0.295 e. The number of benzene rings is 3. The summed E-state index contributed by atoms with van der Waals surface area (Å²) in [6.45, 7) is 2.54. The highest BCUT2D eigenvalue weighted by molar-refractivity contribution is 6.01. The second kappa shape index (κ2) is 8.39. The predicted octanol–water partition coefficient (Wildman–Crippen LogP) is 4.59. The highest BCUT2D eigenvalue weighted by Gasteiger charge is 2.19. The molecule has 3 aromatic carbocycles. The number of amides is 1. The summed E-state index contributed by atoms with van der Waals surface area (Å²) in [6.07, 6.45) is 0. The summed E-state index contributed by atoms with van der Waals surface area (Å²) in [4.78, 5) is 17.2. The number of nitrogens with one attached hydrogen (secondary N) is 1. The van der Waals surface area contributed by atoms with Crippen LogP contribution in [0.2, 0.25) is 0 Å². The molecule has 1 amide bonds. The molecule has 1 N–H and O–H groups in total. The summed E-state index contributed by atoms with van der Waals surface area (Å²) in [5, 5.41) is 7.31. The van der Waals surface area contributed by atoms with Crippen molar-refractivity contribution in [3.05, 3.63) is 90.8 Å². The van der Waals surface area contributed by atoms with Gasteiger partial charge >= 0.3 is 0 Å². The lowest BCUT2D eigenvalue weighted by atomic mass is 10.2. The molecule has 4 aromatic rings. The third kappa shape index (κ3) is 4.16. The van der Waals surface area contributed by atoms with E-state index >= 15 is 0 Å². The average molecular weight is 384 g/mol. The molecule has 6 heteroatoms. The van der Waals surface area contributed by atoms with Crippen molar-refractivity contribution in [1.82, 2.24) is 14.8 Å². The van der Waals surface area contributed by atoms with Crippen molar-refractivity contribution in [3.63, 3.8) is 0 Å². The zero-order valence-electron chi connectivity index (χ0n) is 15.9. The van der Waals surface area contributed by atoms with Crippen LogP contribution in [0.25, 0.3) is 17.1 Å². The molecule has 0 saturated heterocycles. The maximum atomic E-state index is 12.7. The van der Waals surface area contributed by atoms with Crippen LogP contribution in [-0.4, -0.2) is 27.3 Å². The first-order chi connectivity index (χ1) is 14.2. The Hall–Kier alpha value is -3.93. The quantitative estimate of drug-likeness (QED) is 0.528. The van der Waals surface area contributed by atoms with Crippen molar-refractivity contribution in [3.8, 4) is 22.8 Å². The van der Waals surface area contributed by atoms with E-state index < -0.39 is 0 Å². The van der Waals surface area contributed by atoms with Crippen LogP contribution in [0, 0.1) is 0 Å². The number of carbonyl (C=O) groups excluding carboxylic acids is 1. The Labute approximate surface area is 168 Å². The first kappa shape index (κ1) is 18.4. The fourth-order valence-corrected chi connectivity index (χ4v) is 2.92. The van der Waals surface area contributed by atoms with Gasteiger partial charge in [-0.1, -0.05) is 48.5 Å². The van der Waals surface area contributed by atoms with Gasteiger partial charge in [0.25, 0.3) is 5.91 Å². The van der Waals surface area contributed by atoms with Crippen LogP contribution >= 0.6 is 0 Å². The SMILES string of the molecule is CCOc1ccc(-n2nc(C(=O)Nc3ccccc3)nc2-c2ccccc2)cc1. The number of hydrogen-bond donors (Lipinski definition) is 1. The van der Waals surface area contributed by atoms with Gasteiger partial charge < -0.3 is 10.1 Å². The molecule has 0 aliphatic heterocycles. The molecule has 29 heavy (non-hydrogen) atoms. The van der Waals surface area contributed by atoms with Crippen molar-refractivity contribution < 1.29 is 9.53 Å². The summed E-state index contributed by atoms with van der Waals surface area (Å²) < 4.78 is 7.18. The van der Waals surface area contributed by atoms with Gasteiger partial charge in [0.1, 0.15) is 5.75 Å². The van der Waals surface area contributed by atoms with Crippen molar-refractivity contribution >= 4 is 11.6 Å². The number of aromatic nitrogens is 3. The molecule has 0 bridgehead atoms. The third-order valence-corrected chi connectivity index (χ3v) is 4.27. The maximum Gasteiger partial charge on any atom is 0.295 e. The van der Waals surface area contributed by atoms with E-state index in [9.17, 15) is 4.79 Å². The Morgan fingerprint density at radius 1 is 0.931 bits per heavy atom. The molecule has 6 nitrogen and oxygen atoms in total. The van der Waals surface area contributed by atoms with Gasteiger partial charge in [-0.3, -0.25) is 4.79 Å². The van der Waals surface area contributed by atoms with Crippen molar-refractivity contribution in [2.75, 3.05) is 11.9 Å². The van der Waals surface area contributed by atoms with Gasteiger partial charge in [-0.15, -0.1) is 5.10 Å². The van der Waals surface area contributed by atoms with Gasteiger partial charge in [0, 0.05) is 11.3 Å². The summed E-state index contributed by atoms with van der Waals surface area (Å²) in [5.74, 6) is 1.10. The molecule has 1 heterocycles. The van der Waals surface area contributed by atoms with E-state index in [1.807, 2.05) is 91.9 Å². The molecular weight excluding hydrogens is 364 g/mol. The number of para-hydroxylation sites is 1. The molecule has 0 radical (unpaired) electrons. The van der Waals surface area contributed by atoms with Crippen LogP contribution in [0.3, 0.4) is 0 Å². The lowest BCUT2D eigenvalue weighted by Gasteiger charge is -2.07. The van der Waals surface area contributed by atoms with E-state index in [-0.39, 0.29) is 11.7 Å². The van der Waals surface area contributed by atoms with E-state index in [4.69, 9.17) is 4.74 Å². The van der Waals surface area contributed by atoms with Crippen LogP contribution in [0.15, 0.2) is 84.9 Å². The highest BCUT2D eigenvalue weighted by Crippen LogP contribution is 2.23. The first-order valence-electron chi connectivity index (χ1n) is 9.36. The Balaban J connectivity index is 1.72. The fourth-order valence-electron chi connectivity index (χ4n) is 2.92. The minimum Gasteiger partial charge on any atom is -0.494 e. The van der Waals surface area contributed by atoms with Crippen molar-refractivity contribution in [2.24, 2.45) is 0 Å². The molecule has 0 aliphatic carbocycles. The van der Waals surface area contributed by atoms with Crippen LogP contribution in [0.1, 0.15) is 17.5 Å². The van der Waals surface area contributed by atoms with E-state index in [1.54, 1.807) is 4.68 Å². The highest BCUT2D eigenvalue weighted by atomic mass is 16.5. The summed E-state index contributed by atoms with van der Waals surface area (Å²) in [6, 6.07) is 26.4. The third-order valence-electron chi connectivity index (χ3n) is 4.27. The van der Waals surface area contributed by atoms with E-state index in [0.29, 0.717) is 18.1 Å². The van der Waals surface area contributed by atoms with Gasteiger partial charge in [-0.25, -0.2) is 9.67 Å². The van der Waals surface area contributed by atoms with Crippen LogP contribution in [0.4, 0.5) is 5.69 Å². The molecule has 0 spiro atoms. The summed E-state index contributed by atoms with van der Waals surface area (Å²) >= 11 is 0. The lowest BCUT2D eigenvalue weighted by molar-refractivity contribution is 0.101. The van der Waals surface area contributed by atoms with Crippen LogP contribution < -0.4 is 10.1 Å². The van der Waals surface area contributed by atoms with E-state index in [1.165, 1.54) is 0 Å². The van der Waals surface area contributed by atoms with Crippen LogP contribution in [0.5, 0.6) is 5.75 Å². The Morgan fingerprint density at radius 3 is 2.24 bits per heavy atom. The van der Waals surface area contributed by atoms with Gasteiger partial charge in [0.15, 0.2) is 5.82 Å². The largest absolute Gasteiger partial charge is 0.494 e. The lowest BCUT2D eigenvalue weighted by Crippen LogP contribution is -2.14. The number of rotatable bonds is 6. The number of hydrogen-bond acceptors (Lipinski definition) is 4. The maximum absolute atomic E-state index is 12.7. The molecule has 4 rings (SSSR count). The Morgan fingerprint density at radius 2 is 1.59 bits per heavy atom. The number of anilines is 1. The molecule has 0 atom stereocenters. The zero-order chi connectivity index (χ0) is 20.1. The first-order valence-corrected chi connectivity index (χ1v) is 9.36. The van der Waals surface area contributed by atoms with Crippen LogP contribution in [-0.2, 0) is 0 Å².